The Morgan fingerprint density at radius 2 is 1.96 bits per heavy atom. The van der Waals surface area contributed by atoms with Crippen LogP contribution >= 0.6 is 0 Å². The second-order valence-electron chi connectivity index (χ2n) is 5.03. The molecule has 0 bridgehead atoms. The van der Waals surface area contributed by atoms with Crippen LogP contribution in [-0.4, -0.2) is 24.5 Å². The highest BCUT2D eigenvalue weighted by Crippen LogP contribution is 2.29. The van der Waals surface area contributed by atoms with E-state index in [1.807, 2.05) is 6.92 Å². The molecule has 0 aromatic heterocycles. The second kappa shape index (κ2) is 7.45. The van der Waals surface area contributed by atoms with Crippen LogP contribution in [0.2, 0.25) is 0 Å². The van der Waals surface area contributed by atoms with E-state index in [2.05, 4.69) is 5.32 Å². The first kappa shape index (κ1) is 17.3. The van der Waals surface area contributed by atoms with Crippen LogP contribution in [0.5, 0.6) is 11.5 Å². The monoisotopic (exact) mass is 330 g/mol. The fourth-order valence-corrected chi connectivity index (χ4v) is 2.18. The van der Waals surface area contributed by atoms with Crippen LogP contribution in [0.1, 0.15) is 22.8 Å². The number of nitrogens with zero attached hydrogens (tertiary/aromatic N) is 1. The number of hydrogen-bond donors (Lipinski definition) is 1. The summed E-state index contributed by atoms with van der Waals surface area (Å²) in [6, 6.07) is 9.34. The molecule has 0 radical (unpaired) electrons. The number of hydrogen-bond acceptors (Lipinski definition) is 5. The zero-order valence-electron chi connectivity index (χ0n) is 13.7. The Bertz CT molecular complexity index is 774. The molecule has 24 heavy (non-hydrogen) atoms. The number of aryl methyl sites for hydroxylation is 1. The van der Waals surface area contributed by atoms with Gasteiger partial charge in [-0.25, -0.2) is 0 Å². The molecular weight excluding hydrogens is 312 g/mol. The molecule has 0 aliphatic heterocycles. The third-order valence-corrected chi connectivity index (χ3v) is 3.32. The van der Waals surface area contributed by atoms with E-state index in [1.165, 1.54) is 25.3 Å². The van der Waals surface area contributed by atoms with E-state index in [0.29, 0.717) is 23.7 Å². The molecule has 0 fully saturated rings. The van der Waals surface area contributed by atoms with E-state index < -0.39 is 10.8 Å². The fourth-order valence-electron chi connectivity index (χ4n) is 2.18. The molecule has 2 aromatic rings. The van der Waals surface area contributed by atoms with Gasteiger partial charge in [-0.05, 0) is 43.7 Å². The minimum atomic E-state index is -0.526. The van der Waals surface area contributed by atoms with Gasteiger partial charge in [0.05, 0.1) is 18.6 Å². The summed E-state index contributed by atoms with van der Waals surface area (Å²) >= 11 is 0. The topological polar surface area (TPSA) is 90.7 Å². The largest absolute Gasteiger partial charge is 0.493 e. The highest BCUT2D eigenvalue weighted by molar-refractivity contribution is 6.05. The predicted octanol–water partition coefficient (Wildman–Crippen LogP) is 3.56. The lowest BCUT2D eigenvalue weighted by Crippen LogP contribution is -2.13. The molecule has 0 atom stereocenters. The van der Waals surface area contributed by atoms with E-state index in [-0.39, 0.29) is 11.4 Å². The number of carbonyl (C=O) groups excluding carboxylic acids is 1. The third kappa shape index (κ3) is 3.81. The van der Waals surface area contributed by atoms with Crippen molar-refractivity contribution in [1.82, 2.24) is 0 Å². The van der Waals surface area contributed by atoms with Gasteiger partial charge in [0.25, 0.3) is 11.6 Å². The molecule has 2 aromatic carbocycles. The molecule has 0 aliphatic rings. The molecule has 1 N–H and O–H groups in total. The SMILES string of the molecule is CCOc1ccc(C(=O)Nc2ccc(C)cc2[N+](=O)[O-])cc1OC. The Kier molecular flexibility index (Phi) is 5.36. The molecule has 0 saturated heterocycles. The van der Waals surface area contributed by atoms with Gasteiger partial charge in [0.1, 0.15) is 5.69 Å². The lowest BCUT2D eigenvalue weighted by atomic mass is 10.1. The Hall–Kier alpha value is -3.09. The summed E-state index contributed by atoms with van der Waals surface area (Å²) < 4.78 is 10.6. The first-order valence-electron chi connectivity index (χ1n) is 7.33. The van der Waals surface area contributed by atoms with Gasteiger partial charge in [-0.1, -0.05) is 6.07 Å². The van der Waals surface area contributed by atoms with E-state index in [0.717, 1.165) is 5.56 Å². The van der Waals surface area contributed by atoms with E-state index in [4.69, 9.17) is 9.47 Å². The van der Waals surface area contributed by atoms with Crippen LogP contribution < -0.4 is 14.8 Å². The first-order chi connectivity index (χ1) is 11.5. The number of nitro benzene ring substituents is 1. The van der Waals surface area contributed by atoms with Gasteiger partial charge in [0.2, 0.25) is 0 Å². The molecule has 0 unspecified atom stereocenters. The van der Waals surface area contributed by atoms with Crippen molar-refractivity contribution in [2.45, 2.75) is 13.8 Å². The van der Waals surface area contributed by atoms with Crippen LogP contribution in [0.4, 0.5) is 11.4 Å². The standard InChI is InChI=1S/C17H18N2O5/c1-4-24-15-8-6-12(10-16(15)23-3)17(20)18-13-7-5-11(2)9-14(13)19(21)22/h5-10H,4H2,1-3H3,(H,18,20). The van der Waals surface area contributed by atoms with E-state index in [1.54, 1.807) is 25.1 Å². The van der Waals surface area contributed by atoms with Crippen LogP contribution in [0.25, 0.3) is 0 Å². The molecule has 2 rings (SSSR count). The molecule has 7 heteroatoms. The molecule has 1 amide bonds. The maximum Gasteiger partial charge on any atom is 0.293 e. The molecule has 0 aliphatic carbocycles. The number of nitro groups is 1. The van der Waals surface area contributed by atoms with Crippen molar-refractivity contribution in [3.05, 3.63) is 57.6 Å². The summed E-state index contributed by atoms with van der Waals surface area (Å²) in [6.45, 7) is 4.06. The third-order valence-electron chi connectivity index (χ3n) is 3.32. The Labute approximate surface area is 139 Å². The number of benzene rings is 2. The number of methoxy groups -OCH3 is 1. The zero-order valence-corrected chi connectivity index (χ0v) is 13.7. The lowest BCUT2D eigenvalue weighted by Gasteiger charge is -2.11. The number of ether oxygens (including phenoxy) is 2. The molecule has 0 saturated carbocycles. The van der Waals surface area contributed by atoms with Crippen LogP contribution in [-0.2, 0) is 0 Å². The average molecular weight is 330 g/mol. The van der Waals surface area contributed by atoms with Gasteiger partial charge in [-0.15, -0.1) is 0 Å². The Morgan fingerprint density at radius 3 is 2.58 bits per heavy atom. The summed E-state index contributed by atoms with van der Waals surface area (Å²) in [5.41, 5.74) is 1.04. The highest BCUT2D eigenvalue weighted by atomic mass is 16.6. The van der Waals surface area contributed by atoms with Crippen LogP contribution in [0.15, 0.2) is 36.4 Å². The number of carbonyl (C=O) groups is 1. The average Bonchev–Trinajstić information content (AvgIpc) is 2.56. The normalized spacial score (nSPS) is 10.1. The zero-order chi connectivity index (χ0) is 17.7. The minimum absolute atomic E-state index is 0.142. The first-order valence-corrected chi connectivity index (χ1v) is 7.33. The number of rotatable bonds is 6. The second-order valence-corrected chi connectivity index (χ2v) is 5.03. The van der Waals surface area contributed by atoms with Crippen molar-refractivity contribution in [3.8, 4) is 11.5 Å². The van der Waals surface area contributed by atoms with Crippen molar-refractivity contribution < 1.29 is 19.2 Å². The number of amides is 1. The van der Waals surface area contributed by atoms with Crippen LogP contribution in [0, 0.1) is 17.0 Å². The van der Waals surface area contributed by atoms with Crippen molar-refractivity contribution in [2.75, 3.05) is 19.0 Å². The quantitative estimate of drug-likeness (QED) is 0.646. The minimum Gasteiger partial charge on any atom is -0.493 e. The van der Waals surface area contributed by atoms with E-state index in [9.17, 15) is 14.9 Å². The summed E-state index contributed by atoms with van der Waals surface area (Å²) in [7, 11) is 1.48. The summed E-state index contributed by atoms with van der Waals surface area (Å²) in [5, 5.41) is 13.7. The van der Waals surface area contributed by atoms with Crippen molar-refractivity contribution in [1.29, 1.82) is 0 Å². The maximum absolute atomic E-state index is 12.4. The smallest absolute Gasteiger partial charge is 0.293 e. The van der Waals surface area contributed by atoms with Crippen molar-refractivity contribution in [2.24, 2.45) is 0 Å². The summed E-state index contributed by atoms with van der Waals surface area (Å²) in [6.07, 6.45) is 0. The van der Waals surface area contributed by atoms with Crippen molar-refractivity contribution in [3.63, 3.8) is 0 Å². The summed E-state index contributed by atoms with van der Waals surface area (Å²) in [5.74, 6) is 0.476. The predicted molar refractivity (Wildman–Crippen MR) is 89.9 cm³/mol. The molecule has 0 heterocycles. The van der Waals surface area contributed by atoms with Gasteiger partial charge in [-0.2, -0.15) is 0 Å². The highest BCUT2D eigenvalue weighted by Gasteiger charge is 2.18. The van der Waals surface area contributed by atoms with Crippen LogP contribution in [0.3, 0.4) is 0 Å². The lowest BCUT2D eigenvalue weighted by molar-refractivity contribution is -0.384. The molecule has 126 valence electrons. The van der Waals surface area contributed by atoms with Gasteiger partial charge in [0, 0.05) is 11.6 Å². The fraction of sp³-hybridized carbons (Fsp3) is 0.235. The van der Waals surface area contributed by atoms with Crippen molar-refractivity contribution >= 4 is 17.3 Å². The molecular formula is C17H18N2O5. The number of anilines is 1. The Balaban J connectivity index is 2.29. The Morgan fingerprint density at radius 1 is 1.21 bits per heavy atom. The van der Waals surface area contributed by atoms with Gasteiger partial charge >= 0.3 is 0 Å². The van der Waals surface area contributed by atoms with Gasteiger partial charge < -0.3 is 14.8 Å². The van der Waals surface area contributed by atoms with Gasteiger partial charge in [-0.3, -0.25) is 14.9 Å². The number of nitrogens with one attached hydrogen (secondary N) is 1. The van der Waals surface area contributed by atoms with Gasteiger partial charge in [0.15, 0.2) is 11.5 Å². The molecule has 7 nitrogen and oxygen atoms in total. The van der Waals surface area contributed by atoms with E-state index >= 15 is 0 Å². The summed E-state index contributed by atoms with van der Waals surface area (Å²) in [4.78, 5) is 23.0. The maximum atomic E-state index is 12.4. The molecule has 0 spiro atoms.